The first-order valence-electron chi connectivity index (χ1n) is 8.84. The normalized spacial score (nSPS) is 10.9. The molecule has 4 nitrogen and oxygen atoms in total. The van der Waals surface area contributed by atoms with E-state index >= 15 is 0 Å². The quantitative estimate of drug-likeness (QED) is 0.583. The van der Waals surface area contributed by atoms with E-state index in [1.165, 1.54) is 28.5 Å². The molecule has 0 fully saturated rings. The summed E-state index contributed by atoms with van der Waals surface area (Å²) < 4.78 is 5.41. The van der Waals surface area contributed by atoms with Crippen LogP contribution in [0.1, 0.15) is 28.5 Å². The Kier molecular flexibility index (Phi) is 6.39. The molecular formula is C22H22N2O2S. The average molecular weight is 378 g/mol. The van der Waals surface area contributed by atoms with Crippen molar-refractivity contribution in [3.63, 3.8) is 0 Å². The Labute approximate surface area is 163 Å². The molecular weight excluding hydrogens is 356 g/mol. The Balaban J connectivity index is 1.54. The predicted octanol–water partition coefficient (Wildman–Crippen LogP) is 5.09. The number of carbonyl (C=O) groups is 1. The molecule has 1 heterocycles. The van der Waals surface area contributed by atoms with Gasteiger partial charge in [-0.15, -0.1) is 11.3 Å². The number of thiazole rings is 1. The average Bonchev–Trinajstić information content (AvgIpc) is 3.10. The largest absolute Gasteiger partial charge is 0.494 e. The molecule has 0 saturated heterocycles. The monoisotopic (exact) mass is 378 g/mol. The second kappa shape index (κ2) is 9.14. The molecule has 1 N–H and O–H groups in total. The van der Waals surface area contributed by atoms with Gasteiger partial charge in [-0.25, -0.2) is 4.98 Å². The fourth-order valence-corrected chi connectivity index (χ4v) is 3.36. The van der Waals surface area contributed by atoms with Crippen molar-refractivity contribution < 1.29 is 9.53 Å². The molecule has 5 heteroatoms. The number of anilines is 1. The summed E-state index contributed by atoms with van der Waals surface area (Å²) >= 11 is 1.50. The van der Waals surface area contributed by atoms with Gasteiger partial charge >= 0.3 is 0 Å². The second-order valence-electron chi connectivity index (χ2n) is 6.12. The number of hydrogen-bond donors (Lipinski definition) is 1. The van der Waals surface area contributed by atoms with E-state index in [1.807, 2.05) is 37.4 Å². The number of aryl methyl sites for hydroxylation is 1. The number of ether oxygens (including phenoxy) is 1. The van der Waals surface area contributed by atoms with E-state index in [4.69, 9.17) is 4.74 Å². The summed E-state index contributed by atoms with van der Waals surface area (Å²) in [5.41, 5.74) is 3.42. The van der Waals surface area contributed by atoms with Crippen molar-refractivity contribution in [3.05, 3.63) is 82.4 Å². The molecule has 0 aliphatic heterocycles. The van der Waals surface area contributed by atoms with Crippen molar-refractivity contribution in [3.8, 4) is 5.75 Å². The van der Waals surface area contributed by atoms with Crippen molar-refractivity contribution in [2.45, 2.75) is 20.3 Å². The van der Waals surface area contributed by atoms with Crippen LogP contribution in [0.5, 0.6) is 5.75 Å². The third kappa shape index (κ3) is 5.79. The minimum absolute atomic E-state index is 0.194. The van der Waals surface area contributed by atoms with Gasteiger partial charge in [0.15, 0.2) is 5.13 Å². The Morgan fingerprint density at radius 3 is 2.59 bits per heavy atom. The zero-order chi connectivity index (χ0) is 19.1. The van der Waals surface area contributed by atoms with Crippen LogP contribution < -0.4 is 10.1 Å². The SMILES string of the molecule is CCOc1ccc(/C=C/C(=O)Nc2ncc(Cc3ccc(C)cc3)s2)cc1. The molecule has 2 aromatic carbocycles. The highest BCUT2D eigenvalue weighted by atomic mass is 32.1. The summed E-state index contributed by atoms with van der Waals surface area (Å²) in [5, 5.41) is 3.43. The molecule has 0 aliphatic rings. The Morgan fingerprint density at radius 1 is 1.15 bits per heavy atom. The van der Waals surface area contributed by atoms with E-state index in [-0.39, 0.29) is 5.91 Å². The van der Waals surface area contributed by atoms with Crippen molar-refractivity contribution in [1.29, 1.82) is 0 Å². The van der Waals surface area contributed by atoms with Crippen molar-refractivity contribution in [2.24, 2.45) is 0 Å². The molecule has 0 radical (unpaired) electrons. The lowest BCUT2D eigenvalue weighted by molar-refractivity contribution is -0.111. The number of nitrogens with one attached hydrogen (secondary N) is 1. The van der Waals surface area contributed by atoms with Gasteiger partial charge < -0.3 is 4.74 Å². The van der Waals surface area contributed by atoms with Gasteiger partial charge in [-0.05, 0) is 43.2 Å². The fraction of sp³-hybridized carbons (Fsp3) is 0.182. The van der Waals surface area contributed by atoms with Gasteiger partial charge in [0.25, 0.3) is 0 Å². The van der Waals surface area contributed by atoms with E-state index in [0.717, 1.165) is 22.6 Å². The molecule has 0 bridgehead atoms. The van der Waals surface area contributed by atoms with Crippen LogP contribution in [-0.4, -0.2) is 17.5 Å². The smallest absolute Gasteiger partial charge is 0.250 e. The molecule has 0 saturated carbocycles. The lowest BCUT2D eigenvalue weighted by atomic mass is 10.1. The van der Waals surface area contributed by atoms with Crippen LogP contribution in [0.15, 0.2) is 60.8 Å². The Morgan fingerprint density at radius 2 is 1.89 bits per heavy atom. The first-order valence-corrected chi connectivity index (χ1v) is 9.66. The zero-order valence-electron chi connectivity index (χ0n) is 15.4. The first kappa shape index (κ1) is 18.9. The van der Waals surface area contributed by atoms with Gasteiger partial charge in [-0.1, -0.05) is 42.0 Å². The third-order valence-corrected chi connectivity index (χ3v) is 4.81. The van der Waals surface area contributed by atoms with Gasteiger partial charge in [0.05, 0.1) is 6.61 Å². The molecule has 1 amide bonds. The van der Waals surface area contributed by atoms with E-state index in [1.54, 1.807) is 6.08 Å². The van der Waals surface area contributed by atoms with Gasteiger partial charge in [0, 0.05) is 23.6 Å². The molecule has 0 unspecified atom stereocenters. The van der Waals surface area contributed by atoms with Crippen LogP contribution in [0.25, 0.3) is 6.08 Å². The van der Waals surface area contributed by atoms with E-state index in [0.29, 0.717) is 11.7 Å². The maximum atomic E-state index is 12.1. The molecule has 0 spiro atoms. The number of benzene rings is 2. The number of carbonyl (C=O) groups excluding carboxylic acids is 1. The molecule has 0 aliphatic carbocycles. The fourth-order valence-electron chi connectivity index (χ4n) is 2.51. The highest BCUT2D eigenvalue weighted by Crippen LogP contribution is 2.21. The highest BCUT2D eigenvalue weighted by Gasteiger charge is 2.05. The summed E-state index contributed by atoms with van der Waals surface area (Å²) in [5.74, 6) is 0.628. The van der Waals surface area contributed by atoms with Gasteiger partial charge in [-0.3, -0.25) is 10.1 Å². The summed E-state index contributed by atoms with van der Waals surface area (Å²) in [6, 6.07) is 16.0. The summed E-state index contributed by atoms with van der Waals surface area (Å²) in [4.78, 5) is 17.5. The molecule has 27 heavy (non-hydrogen) atoms. The maximum Gasteiger partial charge on any atom is 0.250 e. The zero-order valence-corrected chi connectivity index (χ0v) is 16.3. The predicted molar refractivity (Wildman–Crippen MR) is 111 cm³/mol. The highest BCUT2D eigenvalue weighted by molar-refractivity contribution is 7.15. The van der Waals surface area contributed by atoms with Gasteiger partial charge in [-0.2, -0.15) is 0 Å². The standard InChI is InChI=1S/C22H22N2O2S/c1-3-26-19-11-8-17(9-12-19)10-13-21(25)24-22-23-15-20(27-22)14-18-6-4-16(2)5-7-18/h4-13,15H,3,14H2,1-2H3,(H,23,24,25)/b13-10+. The molecule has 3 rings (SSSR count). The first-order chi connectivity index (χ1) is 13.1. The Hall–Kier alpha value is -2.92. The van der Waals surface area contributed by atoms with Crippen LogP contribution in [0.3, 0.4) is 0 Å². The Bertz CT molecular complexity index is 912. The minimum Gasteiger partial charge on any atom is -0.494 e. The number of amides is 1. The summed E-state index contributed by atoms with van der Waals surface area (Å²) in [6.45, 7) is 4.66. The number of rotatable bonds is 7. The van der Waals surface area contributed by atoms with Crippen molar-refractivity contribution >= 4 is 28.5 Å². The lowest BCUT2D eigenvalue weighted by Crippen LogP contribution is -2.07. The summed E-state index contributed by atoms with van der Waals surface area (Å²) in [6.07, 6.45) is 5.91. The molecule has 3 aromatic rings. The van der Waals surface area contributed by atoms with Gasteiger partial charge in [0.2, 0.25) is 5.91 Å². The summed E-state index contributed by atoms with van der Waals surface area (Å²) in [7, 11) is 0. The van der Waals surface area contributed by atoms with E-state index in [2.05, 4.69) is 41.5 Å². The van der Waals surface area contributed by atoms with Crippen LogP contribution in [0.2, 0.25) is 0 Å². The maximum absolute atomic E-state index is 12.1. The second-order valence-corrected chi connectivity index (χ2v) is 7.23. The molecule has 1 aromatic heterocycles. The van der Waals surface area contributed by atoms with Crippen molar-refractivity contribution in [1.82, 2.24) is 4.98 Å². The van der Waals surface area contributed by atoms with Crippen LogP contribution in [-0.2, 0) is 11.2 Å². The van der Waals surface area contributed by atoms with Gasteiger partial charge in [0.1, 0.15) is 5.75 Å². The number of nitrogens with zero attached hydrogens (tertiary/aromatic N) is 1. The molecule has 138 valence electrons. The molecule has 0 atom stereocenters. The van der Waals surface area contributed by atoms with E-state index < -0.39 is 0 Å². The number of hydrogen-bond acceptors (Lipinski definition) is 4. The topological polar surface area (TPSA) is 51.2 Å². The third-order valence-electron chi connectivity index (χ3n) is 3.90. The van der Waals surface area contributed by atoms with Crippen molar-refractivity contribution in [2.75, 3.05) is 11.9 Å². The van der Waals surface area contributed by atoms with E-state index in [9.17, 15) is 4.79 Å². The van der Waals surface area contributed by atoms with Crippen LogP contribution in [0.4, 0.5) is 5.13 Å². The minimum atomic E-state index is -0.194. The van der Waals surface area contributed by atoms with Crippen LogP contribution in [0, 0.1) is 6.92 Å². The lowest BCUT2D eigenvalue weighted by Gasteiger charge is -2.02. The number of aromatic nitrogens is 1. The van der Waals surface area contributed by atoms with Crippen LogP contribution >= 0.6 is 11.3 Å².